The number of amides is 1. The summed E-state index contributed by atoms with van der Waals surface area (Å²) in [5.74, 6) is -0.933. The highest BCUT2D eigenvalue weighted by Crippen LogP contribution is 2.17. The summed E-state index contributed by atoms with van der Waals surface area (Å²) >= 11 is 1.63. The fourth-order valence-corrected chi connectivity index (χ4v) is 1.08. The van der Waals surface area contributed by atoms with Gasteiger partial charge in [0.2, 0.25) is 0 Å². The molecule has 0 fully saturated rings. The standard InChI is InChI=1S/C7H14N2O2S.C6H14N2O2/c1-7(2,12-4)5-9-11-6(10)8-3;7-4-2-1-3-5(8)6(9)10/h5H,1-4H3,(H,8,10);5H,1-4,7-8H2,(H,9,10)/b9-5+;. The molecular weight excluding hydrogens is 308 g/mol. The van der Waals surface area contributed by atoms with E-state index in [-0.39, 0.29) is 4.75 Å². The second kappa shape index (κ2) is 13.4. The number of carboxylic acids is 1. The van der Waals surface area contributed by atoms with Gasteiger partial charge >= 0.3 is 12.1 Å². The molecule has 9 heteroatoms. The minimum atomic E-state index is -0.933. The smallest absolute Gasteiger partial charge is 0.433 e. The first kappa shape index (κ1) is 23.0. The summed E-state index contributed by atoms with van der Waals surface area (Å²) in [6.45, 7) is 4.56. The van der Waals surface area contributed by atoms with E-state index in [4.69, 9.17) is 16.6 Å². The summed E-state index contributed by atoms with van der Waals surface area (Å²) in [5, 5.41) is 14.1. The number of aliphatic carboxylic acids is 1. The molecule has 1 amide bonds. The van der Waals surface area contributed by atoms with Crippen molar-refractivity contribution in [2.75, 3.05) is 19.8 Å². The zero-order chi connectivity index (χ0) is 17.6. The highest BCUT2D eigenvalue weighted by atomic mass is 32.2. The molecule has 0 aromatic carbocycles. The number of unbranched alkanes of at least 4 members (excludes halogenated alkanes) is 1. The Labute approximate surface area is 136 Å². The summed E-state index contributed by atoms with van der Waals surface area (Å²) in [6.07, 6.45) is 5.17. The van der Waals surface area contributed by atoms with Crippen LogP contribution < -0.4 is 16.8 Å². The molecule has 0 aliphatic heterocycles. The molecule has 0 aliphatic carbocycles. The molecule has 8 nitrogen and oxygen atoms in total. The molecule has 1 unspecified atom stereocenters. The lowest BCUT2D eigenvalue weighted by molar-refractivity contribution is -0.138. The van der Waals surface area contributed by atoms with E-state index in [9.17, 15) is 9.59 Å². The van der Waals surface area contributed by atoms with E-state index in [1.54, 1.807) is 18.0 Å². The Morgan fingerprint density at radius 1 is 1.45 bits per heavy atom. The van der Waals surface area contributed by atoms with Gasteiger partial charge in [0.15, 0.2) is 0 Å². The van der Waals surface area contributed by atoms with Crippen LogP contribution in [0.15, 0.2) is 5.16 Å². The predicted molar refractivity (Wildman–Crippen MR) is 90.1 cm³/mol. The number of carboxylic acid groups (broad SMARTS) is 1. The maximum absolute atomic E-state index is 10.5. The van der Waals surface area contributed by atoms with Crippen molar-refractivity contribution in [2.45, 2.75) is 43.9 Å². The van der Waals surface area contributed by atoms with Crippen LogP contribution in [0.2, 0.25) is 0 Å². The van der Waals surface area contributed by atoms with Gasteiger partial charge in [-0.25, -0.2) is 4.79 Å². The van der Waals surface area contributed by atoms with E-state index in [0.29, 0.717) is 13.0 Å². The van der Waals surface area contributed by atoms with Crippen LogP contribution >= 0.6 is 11.8 Å². The van der Waals surface area contributed by atoms with Gasteiger partial charge in [0.1, 0.15) is 6.04 Å². The van der Waals surface area contributed by atoms with Gasteiger partial charge in [0.05, 0.1) is 6.21 Å². The third-order valence-electron chi connectivity index (χ3n) is 2.52. The molecule has 0 aliphatic rings. The Morgan fingerprint density at radius 2 is 2.05 bits per heavy atom. The first-order valence-corrected chi connectivity index (χ1v) is 8.09. The summed E-state index contributed by atoms with van der Waals surface area (Å²) < 4.78 is -0.103. The molecule has 0 saturated carbocycles. The number of nitrogens with one attached hydrogen (secondary N) is 1. The van der Waals surface area contributed by atoms with E-state index < -0.39 is 18.1 Å². The summed E-state index contributed by atoms with van der Waals surface area (Å²) in [7, 11) is 1.48. The predicted octanol–water partition coefficient (Wildman–Crippen LogP) is 0.997. The lowest BCUT2D eigenvalue weighted by Gasteiger charge is -2.13. The number of rotatable bonds is 8. The van der Waals surface area contributed by atoms with Crippen molar-refractivity contribution in [3.8, 4) is 0 Å². The van der Waals surface area contributed by atoms with E-state index in [1.165, 1.54) is 7.05 Å². The SMILES string of the molecule is CNC(=O)O/N=C/C(C)(C)SC.NCCCCC(N)C(=O)O. The lowest BCUT2D eigenvalue weighted by atomic mass is 10.1. The quantitative estimate of drug-likeness (QED) is 0.224. The lowest BCUT2D eigenvalue weighted by Crippen LogP contribution is -2.29. The number of nitrogens with zero attached hydrogens (tertiary/aromatic N) is 1. The van der Waals surface area contributed by atoms with Crippen molar-refractivity contribution in [3.63, 3.8) is 0 Å². The molecule has 6 N–H and O–H groups in total. The van der Waals surface area contributed by atoms with Crippen molar-refractivity contribution in [2.24, 2.45) is 16.6 Å². The second-order valence-corrected chi connectivity index (χ2v) is 6.36. The van der Waals surface area contributed by atoms with Crippen LogP contribution in [0.1, 0.15) is 33.1 Å². The van der Waals surface area contributed by atoms with Crippen LogP contribution in [-0.4, -0.2) is 54.0 Å². The second-order valence-electron chi connectivity index (χ2n) is 4.90. The number of carbonyl (C=O) groups is 2. The number of oxime groups is 1. The first-order chi connectivity index (χ1) is 10.2. The van der Waals surface area contributed by atoms with Gasteiger partial charge in [-0.3, -0.25) is 9.63 Å². The van der Waals surface area contributed by atoms with Crippen molar-refractivity contribution in [3.05, 3.63) is 0 Å². The molecule has 0 aromatic heterocycles. The Morgan fingerprint density at radius 3 is 2.45 bits per heavy atom. The molecule has 0 radical (unpaired) electrons. The van der Waals surface area contributed by atoms with Crippen molar-refractivity contribution in [1.82, 2.24) is 5.32 Å². The average Bonchev–Trinajstić information content (AvgIpc) is 2.47. The molecule has 1 atom stereocenters. The first-order valence-electron chi connectivity index (χ1n) is 6.87. The largest absolute Gasteiger partial charge is 0.480 e. The maximum Gasteiger partial charge on any atom is 0.433 e. The monoisotopic (exact) mass is 336 g/mol. The molecule has 0 bridgehead atoms. The Hall–Kier alpha value is -1.32. The van der Waals surface area contributed by atoms with Gasteiger partial charge in [0.25, 0.3) is 0 Å². The number of carbonyl (C=O) groups excluding carboxylic acids is 1. The number of nitrogens with two attached hydrogens (primary N) is 2. The van der Waals surface area contributed by atoms with Crippen LogP contribution in [0, 0.1) is 0 Å². The van der Waals surface area contributed by atoms with Crippen molar-refractivity contribution in [1.29, 1.82) is 0 Å². The zero-order valence-electron chi connectivity index (χ0n) is 13.7. The summed E-state index contributed by atoms with van der Waals surface area (Å²) in [4.78, 5) is 25.1. The number of thioether (sulfide) groups is 1. The highest BCUT2D eigenvalue weighted by molar-refractivity contribution is 8.00. The van der Waals surface area contributed by atoms with Gasteiger partial charge in [0, 0.05) is 11.8 Å². The Balaban J connectivity index is 0. The molecular formula is C13H28N4O4S. The highest BCUT2D eigenvalue weighted by Gasteiger charge is 2.12. The zero-order valence-corrected chi connectivity index (χ0v) is 14.5. The van der Waals surface area contributed by atoms with Gasteiger partial charge in [-0.05, 0) is 39.5 Å². The molecule has 0 aromatic rings. The van der Waals surface area contributed by atoms with E-state index in [2.05, 4.69) is 15.3 Å². The molecule has 22 heavy (non-hydrogen) atoms. The van der Waals surface area contributed by atoms with Gasteiger partial charge in [-0.1, -0.05) is 11.6 Å². The third kappa shape index (κ3) is 15.1. The molecule has 0 saturated heterocycles. The van der Waals surface area contributed by atoms with Crippen molar-refractivity contribution < 1.29 is 19.5 Å². The molecule has 0 rings (SSSR count). The van der Waals surface area contributed by atoms with Crippen LogP contribution in [-0.2, 0) is 9.63 Å². The fourth-order valence-electron chi connectivity index (χ4n) is 0.932. The normalized spacial score (nSPS) is 12.3. The summed E-state index contributed by atoms with van der Waals surface area (Å²) in [5.41, 5.74) is 10.4. The number of hydrogen-bond donors (Lipinski definition) is 4. The van der Waals surface area contributed by atoms with Crippen LogP contribution in [0.4, 0.5) is 4.79 Å². The Bertz CT molecular complexity index is 351. The van der Waals surface area contributed by atoms with E-state index in [1.807, 2.05) is 20.1 Å². The van der Waals surface area contributed by atoms with Gasteiger partial charge in [-0.15, -0.1) is 0 Å². The van der Waals surface area contributed by atoms with Crippen molar-refractivity contribution >= 4 is 30.0 Å². The minimum Gasteiger partial charge on any atom is -0.480 e. The van der Waals surface area contributed by atoms with E-state index in [0.717, 1.165) is 12.8 Å². The minimum absolute atomic E-state index is 0.103. The fraction of sp³-hybridized carbons (Fsp3) is 0.769. The van der Waals surface area contributed by atoms with E-state index >= 15 is 0 Å². The Kier molecular flexibility index (Phi) is 13.9. The average molecular weight is 336 g/mol. The van der Waals surface area contributed by atoms with Crippen LogP contribution in [0.3, 0.4) is 0 Å². The molecule has 130 valence electrons. The molecule has 0 heterocycles. The van der Waals surface area contributed by atoms with Crippen LogP contribution in [0.25, 0.3) is 0 Å². The number of hydrogen-bond acceptors (Lipinski definition) is 7. The maximum atomic E-state index is 10.5. The van der Waals surface area contributed by atoms with Gasteiger partial charge in [-0.2, -0.15) is 11.8 Å². The van der Waals surface area contributed by atoms with Crippen LogP contribution in [0.5, 0.6) is 0 Å². The molecule has 0 spiro atoms. The third-order valence-corrected chi connectivity index (χ3v) is 3.67. The summed E-state index contributed by atoms with van der Waals surface area (Å²) in [6, 6.07) is -0.716. The topological polar surface area (TPSA) is 140 Å². The van der Waals surface area contributed by atoms with Gasteiger partial charge < -0.3 is 21.9 Å².